The second-order valence-corrected chi connectivity index (χ2v) is 7.16. The second-order valence-electron chi connectivity index (χ2n) is 7.16. The normalized spacial score (nSPS) is 11.1. The van der Waals surface area contributed by atoms with E-state index in [1.165, 1.54) is 18.5 Å². The summed E-state index contributed by atoms with van der Waals surface area (Å²) in [5, 5.41) is 13.1. The van der Waals surface area contributed by atoms with Crippen LogP contribution in [-0.4, -0.2) is 20.1 Å². The number of hydrogen-bond acceptors (Lipinski definition) is 5. The van der Waals surface area contributed by atoms with Crippen LogP contribution in [0.5, 0.6) is 5.75 Å². The van der Waals surface area contributed by atoms with Crippen LogP contribution in [0.1, 0.15) is 23.4 Å². The fourth-order valence-corrected chi connectivity index (χ4v) is 3.55. The number of phenolic OH excluding ortho intramolecular Hbond substituents is 1. The van der Waals surface area contributed by atoms with E-state index in [2.05, 4.69) is 26.3 Å². The molecule has 0 spiro atoms. The first-order chi connectivity index (χ1) is 14.9. The SMILES string of the molecule is Cc1cc(-c2ccccc2)c(CNc2ncnc(N)c2-c2cc(O)cc(C(F)F)c2)[nH]1. The van der Waals surface area contributed by atoms with Crippen molar-refractivity contribution in [3.63, 3.8) is 0 Å². The maximum Gasteiger partial charge on any atom is 0.264 e. The number of halogens is 2. The Morgan fingerprint density at radius 2 is 1.84 bits per heavy atom. The van der Waals surface area contributed by atoms with E-state index in [4.69, 9.17) is 5.73 Å². The molecule has 158 valence electrons. The summed E-state index contributed by atoms with van der Waals surface area (Å²) >= 11 is 0. The Morgan fingerprint density at radius 1 is 1.06 bits per heavy atom. The standard InChI is InChI=1S/C23H21F2N5O/c1-13-7-18(14-5-3-2-4-6-14)19(30-13)11-27-23-20(22(26)28-12-29-23)15-8-16(21(24)25)10-17(31)9-15/h2-10,12,21,30-31H,11H2,1H3,(H3,26,27,28,29). The summed E-state index contributed by atoms with van der Waals surface area (Å²) in [6, 6.07) is 15.7. The minimum atomic E-state index is -2.73. The molecule has 6 nitrogen and oxygen atoms in total. The van der Waals surface area contributed by atoms with Crippen LogP contribution in [0.2, 0.25) is 0 Å². The summed E-state index contributed by atoms with van der Waals surface area (Å²) in [5.74, 6) is 0.215. The molecule has 4 aromatic rings. The van der Waals surface area contributed by atoms with E-state index in [0.29, 0.717) is 23.5 Å². The molecule has 0 saturated heterocycles. The van der Waals surface area contributed by atoms with Crippen LogP contribution in [0.4, 0.5) is 20.4 Å². The van der Waals surface area contributed by atoms with Gasteiger partial charge in [0.1, 0.15) is 23.7 Å². The number of aryl methyl sites for hydroxylation is 1. The number of nitrogens with one attached hydrogen (secondary N) is 2. The predicted octanol–water partition coefficient (Wildman–Crippen LogP) is 5.28. The van der Waals surface area contributed by atoms with Crippen molar-refractivity contribution in [2.24, 2.45) is 0 Å². The number of phenols is 1. The van der Waals surface area contributed by atoms with E-state index < -0.39 is 6.43 Å². The zero-order valence-electron chi connectivity index (χ0n) is 16.7. The lowest BCUT2D eigenvalue weighted by Gasteiger charge is -2.14. The molecule has 0 unspecified atom stereocenters. The van der Waals surface area contributed by atoms with Crippen LogP contribution in [0, 0.1) is 6.92 Å². The lowest BCUT2D eigenvalue weighted by molar-refractivity contribution is 0.151. The highest BCUT2D eigenvalue weighted by molar-refractivity contribution is 5.84. The quantitative estimate of drug-likeness (QED) is 0.339. The number of H-pyrrole nitrogens is 1. The van der Waals surface area contributed by atoms with Crippen molar-refractivity contribution < 1.29 is 13.9 Å². The fraction of sp³-hybridized carbons (Fsp3) is 0.130. The van der Waals surface area contributed by atoms with Crippen molar-refractivity contribution >= 4 is 11.6 Å². The third-order valence-electron chi connectivity index (χ3n) is 4.91. The van der Waals surface area contributed by atoms with Crippen LogP contribution in [0.25, 0.3) is 22.3 Å². The first-order valence-electron chi connectivity index (χ1n) is 9.63. The minimum Gasteiger partial charge on any atom is -0.508 e. The van der Waals surface area contributed by atoms with Crippen LogP contribution >= 0.6 is 0 Å². The molecule has 31 heavy (non-hydrogen) atoms. The molecule has 0 radical (unpaired) electrons. The van der Waals surface area contributed by atoms with Crippen molar-refractivity contribution in [3.05, 3.63) is 77.9 Å². The molecule has 0 amide bonds. The van der Waals surface area contributed by atoms with Gasteiger partial charge in [0, 0.05) is 22.5 Å². The molecule has 0 fully saturated rings. The monoisotopic (exact) mass is 421 g/mol. The molecule has 2 aromatic carbocycles. The number of nitrogen functional groups attached to an aromatic ring is 1. The van der Waals surface area contributed by atoms with Gasteiger partial charge in [0.25, 0.3) is 6.43 Å². The van der Waals surface area contributed by atoms with Gasteiger partial charge in [0.15, 0.2) is 0 Å². The van der Waals surface area contributed by atoms with Gasteiger partial charge in [-0.25, -0.2) is 18.7 Å². The Kier molecular flexibility index (Phi) is 5.53. The van der Waals surface area contributed by atoms with Gasteiger partial charge in [0.05, 0.1) is 12.1 Å². The molecule has 0 aliphatic carbocycles. The van der Waals surface area contributed by atoms with Crippen molar-refractivity contribution in [3.8, 4) is 28.0 Å². The molecule has 2 aromatic heterocycles. The van der Waals surface area contributed by atoms with E-state index >= 15 is 0 Å². The average molecular weight is 421 g/mol. The molecular formula is C23H21F2N5O. The van der Waals surface area contributed by atoms with E-state index in [0.717, 1.165) is 28.6 Å². The summed E-state index contributed by atoms with van der Waals surface area (Å²) in [7, 11) is 0. The highest BCUT2D eigenvalue weighted by Crippen LogP contribution is 2.36. The Bertz CT molecular complexity index is 1210. The van der Waals surface area contributed by atoms with Crippen molar-refractivity contribution in [1.29, 1.82) is 0 Å². The van der Waals surface area contributed by atoms with Gasteiger partial charge in [-0.3, -0.25) is 0 Å². The number of alkyl halides is 2. The van der Waals surface area contributed by atoms with Gasteiger partial charge >= 0.3 is 0 Å². The number of nitrogens with zero attached hydrogens (tertiary/aromatic N) is 2. The Labute approximate surface area is 177 Å². The van der Waals surface area contributed by atoms with Gasteiger partial charge < -0.3 is 21.1 Å². The first kappa shape index (κ1) is 20.3. The molecule has 0 bridgehead atoms. The molecule has 0 aliphatic rings. The van der Waals surface area contributed by atoms with Crippen LogP contribution in [0.15, 0.2) is 60.9 Å². The number of rotatable bonds is 6. The topological polar surface area (TPSA) is 99.8 Å². The van der Waals surface area contributed by atoms with Crippen molar-refractivity contribution in [2.45, 2.75) is 19.9 Å². The van der Waals surface area contributed by atoms with E-state index in [1.54, 1.807) is 0 Å². The third-order valence-corrected chi connectivity index (χ3v) is 4.91. The van der Waals surface area contributed by atoms with E-state index in [1.807, 2.05) is 37.3 Å². The lowest BCUT2D eigenvalue weighted by Crippen LogP contribution is -2.07. The smallest absolute Gasteiger partial charge is 0.264 e. The van der Waals surface area contributed by atoms with Gasteiger partial charge in [-0.2, -0.15) is 0 Å². The third kappa shape index (κ3) is 4.32. The number of aromatic nitrogens is 3. The zero-order valence-corrected chi connectivity index (χ0v) is 16.7. The van der Waals surface area contributed by atoms with Gasteiger partial charge in [-0.1, -0.05) is 30.3 Å². The molecule has 0 aliphatic heterocycles. The molecule has 0 saturated carbocycles. The number of nitrogens with two attached hydrogens (primary N) is 1. The molecule has 4 rings (SSSR count). The summed E-state index contributed by atoms with van der Waals surface area (Å²) < 4.78 is 26.5. The largest absolute Gasteiger partial charge is 0.508 e. The average Bonchev–Trinajstić information content (AvgIpc) is 3.13. The van der Waals surface area contributed by atoms with Crippen LogP contribution < -0.4 is 11.1 Å². The molecule has 8 heteroatoms. The summed E-state index contributed by atoms with van der Waals surface area (Å²) in [6.45, 7) is 2.37. The number of hydrogen-bond donors (Lipinski definition) is 4. The summed E-state index contributed by atoms with van der Waals surface area (Å²) in [6.07, 6.45) is -1.43. The predicted molar refractivity (Wildman–Crippen MR) is 117 cm³/mol. The maximum absolute atomic E-state index is 13.2. The van der Waals surface area contributed by atoms with E-state index in [-0.39, 0.29) is 17.1 Å². The van der Waals surface area contributed by atoms with Crippen LogP contribution in [0.3, 0.4) is 0 Å². The molecular weight excluding hydrogens is 400 g/mol. The first-order valence-corrected chi connectivity index (χ1v) is 9.63. The number of aromatic amines is 1. The zero-order chi connectivity index (χ0) is 22.0. The fourth-order valence-electron chi connectivity index (χ4n) is 3.55. The highest BCUT2D eigenvalue weighted by Gasteiger charge is 2.17. The molecule has 5 N–H and O–H groups in total. The Balaban J connectivity index is 1.69. The number of benzene rings is 2. The number of aromatic hydroxyl groups is 1. The second kappa shape index (κ2) is 8.43. The Morgan fingerprint density at radius 3 is 2.58 bits per heavy atom. The van der Waals surface area contributed by atoms with Crippen molar-refractivity contribution in [1.82, 2.24) is 15.0 Å². The summed E-state index contributed by atoms with van der Waals surface area (Å²) in [5.41, 5.74) is 10.5. The highest BCUT2D eigenvalue weighted by atomic mass is 19.3. The lowest BCUT2D eigenvalue weighted by atomic mass is 10.0. The Hall–Kier alpha value is -3.94. The van der Waals surface area contributed by atoms with E-state index in [9.17, 15) is 13.9 Å². The van der Waals surface area contributed by atoms with Gasteiger partial charge in [-0.05, 0) is 42.3 Å². The minimum absolute atomic E-state index is 0.120. The summed E-state index contributed by atoms with van der Waals surface area (Å²) in [4.78, 5) is 11.6. The van der Waals surface area contributed by atoms with Crippen LogP contribution in [-0.2, 0) is 6.54 Å². The van der Waals surface area contributed by atoms with Gasteiger partial charge in [0.2, 0.25) is 0 Å². The van der Waals surface area contributed by atoms with Gasteiger partial charge in [-0.15, -0.1) is 0 Å². The molecule has 0 atom stereocenters. The van der Waals surface area contributed by atoms with Crippen molar-refractivity contribution in [2.75, 3.05) is 11.1 Å². The maximum atomic E-state index is 13.2. The molecule has 2 heterocycles. The number of anilines is 2.